The largest absolute Gasteiger partial charge is 0.495 e. The van der Waals surface area contributed by atoms with Gasteiger partial charge in [-0.2, -0.15) is 0 Å². The molecule has 2 aliphatic rings. The van der Waals surface area contributed by atoms with Crippen LogP contribution in [0.2, 0.25) is 0 Å². The molecule has 0 saturated carbocycles. The number of ether oxygens (including phenoxy) is 1. The number of aromatic nitrogens is 1. The first kappa shape index (κ1) is 26.2. The monoisotopic (exact) mass is 493 g/mol. The van der Waals surface area contributed by atoms with Crippen LogP contribution in [0.3, 0.4) is 0 Å². The van der Waals surface area contributed by atoms with E-state index in [-0.39, 0.29) is 6.03 Å². The van der Waals surface area contributed by atoms with Crippen molar-refractivity contribution in [2.24, 2.45) is 0 Å². The van der Waals surface area contributed by atoms with Gasteiger partial charge in [-0.05, 0) is 97.6 Å². The van der Waals surface area contributed by atoms with E-state index in [2.05, 4.69) is 0 Å². The number of urea groups is 1. The van der Waals surface area contributed by atoms with E-state index in [1.807, 2.05) is 74.4 Å². The Balaban J connectivity index is 1.61. The number of esters is 1. The fourth-order valence-corrected chi connectivity index (χ4v) is 4.33. The summed E-state index contributed by atoms with van der Waals surface area (Å²) >= 11 is 0. The zero-order valence-electron chi connectivity index (χ0n) is 22.8. The van der Waals surface area contributed by atoms with Crippen LogP contribution in [0.15, 0.2) is 30.3 Å². The van der Waals surface area contributed by atoms with Crippen molar-refractivity contribution in [3.05, 3.63) is 47.2 Å². The number of amides is 2. The van der Waals surface area contributed by atoms with E-state index in [1.165, 1.54) is 0 Å². The molecule has 0 radical (unpaired) electrons. The van der Waals surface area contributed by atoms with Gasteiger partial charge in [-0.1, -0.05) is 6.07 Å². The lowest BCUT2D eigenvalue weighted by Gasteiger charge is -2.32. The zero-order valence-corrected chi connectivity index (χ0v) is 22.8. The van der Waals surface area contributed by atoms with Crippen molar-refractivity contribution >= 4 is 36.1 Å². The van der Waals surface area contributed by atoms with Gasteiger partial charge in [0.25, 0.3) is 0 Å². The molecule has 192 valence electrons. The average Bonchev–Trinajstić information content (AvgIpc) is 3.23. The van der Waals surface area contributed by atoms with E-state index in [0.717, 1.165) is 16.7 Å². The quantitative estimate of drug-likeness (QED) is 0.464. The van der Waals surface area contributed by atoms with Crippen LogP contribution < -0.4 is 15.3 Å². The third-order valence-corrected chi connectivity index (χ3v) is 6.98. The van der Waals surface area contributed by atoms with Gasteiger partial charge in [0, 0.05) is 24.5 Å². The lowest BCUT2D eigenvalue weighted by atomic mass is 9.76. The van der Waals surface area contributed by atoms with Gasteiger partial charge in [-0.3, -0.25) is 9.80 Å². The molecule has 2 saturated heterocycles. The number of nitrogens with zero attached hydrogens (tertiary/aromatic N) is 3. The molecule has 2 aromatic rings. The number of hydrogen-bond acceptors (Lipinski definition) is 6. The topological polar surface area (TPSA) is 81.2 Å². The Morgan fingerprint density at radius 2 is 1.64 bits per heavy atom. The molecule has 0 bridgehead atoms. The Hall–Kier alpha value is -2.91. The van der Waals surface area contributed by atoms with Crippen molar-refractivity contribution < 1.29 is 23.6 Å². The van der Waals surface area contributed by atoms with Gasteiger partial charge in [0.1, 0.15) is 11.4 Å². The molecule has 2 fully saturated rings. The number of hydrogen-bond donors (Lipinski definition) is 0. The van der Waals surface area contributed by atoms with E-state index in [1.54, 1.807) is 28.0 Å². The summed E-state index contributed by atoms with van der Waals surface area (Å²) in [6.07, 6.45) is 0. The smallest absolute Gasteiger partial charge is 0.456 e. The van der Waals surface area contributed by atoms with E-state index in [0.29, 0.717) is 30.2 Å². The van der Waals surface area contributed by atoms with Crippen LogP contribution in [-0.4, -0.2) is 54.0 Å². The molecule has 2 aliphatic heterocycles. The highest BCUT2D eigenvalue weighted by molar-refractivity contribution is 6.62. The highest BCUT2D eigenvalue weighted by Crippen LogP contribution is 2.37. The molecule has 4 rings (SSSR count). The second-order valence-electron chi connectivity index (χ2n) is 11.5. The first-order valence-electron chi connectivity index (χ1n) is 12.4. The third-order valence-electron chi connectivity index (χ3n) is 6.98. The number of aryl methyl sites for hydroxylation is 1. The van der Waals surface area contributed by atoms with Gasteiger partial charge in [0.05, 0.1) is 16.8 Å². The molecule has 36 heavy (non-hydrogen) atoms. The summed E-state index contributed by atoms with van der Waals surface area (Å²) < 4.78 is 18.1. The summed E-state index contributed by atoms with van der Waals surface area (Å²) in [6.45, 7) is 18.3. The van der Waals surface area contributed by atoms with E-state index < -0.39 is 29.9 Å². The lowest BCUT2D eigenvalue weighted by molar-refractivity contribution is 0.00578. The highest BCUT2D eigenvalue weighted by atomic mass is 16.7. The number of carbonyl (C=O) groups excluding carboxylic acids is 2. The van der Waals surface area contributed by atoms with Crippen LogP contribution in [0.4, 0.5) is 16.3 Å². The SMILES string of the molecule is Cc1cc(B2OC(C)(C)C(C)(C)O2)c(C)c(N2CCN(c3cccc(C(=O)OC(C)(C)C)c3)C2=O)n1. The number of pyridine rings is 1. The Kier molecular flexibility index (Phi) is 6.46. The molecule has 1 aromatic heterocycles. The second kappa shape index (κ2) is 8.89. The van der Waals surface area contributed by atoms with E-state index in [4.69, 9.17) is 19.0 Å². The minimum Gasteiger partial charge on any atom is -0.456 e. The normalized spacial score (nSPS) is 19.2. The van der Waals surface area contributed by atoms with Crippen molar-refractivity contribution in [1.29, 1.82) is 0 Å². The predicted octanol–water partition coefficient (Wildman–Crippen LogP) is 4.40. The maximum absolute atomic E-state index is 13.6. The fraction of sp³-hybridized carbons (Fsp3) is 0.519. The average molecular weight is 493 g/mol. The lowest BCUT2D eigenvalue weighted by Crippen LogP contribution is -2.41. The van der Waals surface area contributed by atoms with E-state index in [9.17, 15) is 9.59 Å². The molecule has 9 heteroatoms. The molecule has 0 N–H and O–H groups in total. The Labute approximate surface area is 214 Å². The summed E-state index contributed by atoms with van der Waals surface area (Å²) in [5.74, 6) is 0.173. The summed E-state index contributed by atoms with van der Waals surface area (Å²) in [5, 5.41) is 0. The molecule has 0 atom stereocenters. The maximum Gasteiger partial charge on any atom is 0.495 e. The molecule has 0 spiro atoms. The van der Waals surface area contributed by atoms with Crippen LogP contribution >= 0.6 is 0 Å². The van der Waals surface area contributed by atoms with Gasteiger partial charge >= 0.3 is 19.1 Å². The van der Waals surface area contributed by atoms with Crippen molar-refractivity contribution in [3.8, 4) is 0 Å². The molecular formula is C27H36BN3O5. The van der Waals surface area contributed by atoms with E-state index >= 15 is 0 Å². The van der Waals surface area contributed by atoms with Crippen molar-refractivity contribution in [1.82, 2.24) is 4.98 Å². The van der Waals surface area contributed by atoms with Crippen LogP contribution in [0.1, 0.15) is 70.1 Å². The maximum atomic E-state index is 13.6. The van der Waals surface area contributed by atoms with Crippen molar-refractivity contribution in [3.63, 3.8) is 0 Å². The molecule has 0 aliphatic carbocycles. The van der Waals surface area contributed by atoms with Crippen molar-refractivity contribution in [2.45, 2.75) is 79.1 Å². The van der Waals surface area contributed by atoms with Crippen LogP contribution in [0.5, 0.6) is 0 Å². The first-order valence-corrected chi connectivity index (χ1v) is 12.4. The Morgan fingerprint density at radius 3 is 2.25 bits per heavy atom. The minimum atomic E-state index is -0.601. The van der Waals surface area contributed by atoms with Gasteiger partial charge < -0.3 is 14.0 Å². The number of carbonyl (C=O) groups is 2. The Bertz CT molecular complexity index is 1190. The second-order valence-corrected chi connectivity index (χ2v) is 11.5. The molecule has 8 nitrogen and oxygen atoms in total. The zero-order chi connectivity index (χ0) is 26.6. The van der Waals surface area contributed by atoms with Crippen LogP contribution in [0.25, 0.3) is 0 Å². The van der Waals surface area contributed by atoms with Crippen molar-refractivity contribution in [2.75, 3.05) is 22.9 Å². The highest BCUT2D eigenvalue weighted by Gasteiger charge is 2.52. The standard InChI is InChI=1S/C27H36BN3O5/c1-17-15-21(28-35-26(6,7)27(8,9)36-28)18(2)22(29-17)31-14-13-30(24(31)33)20-12-10-11-19(16-20)23(32)34-25(3,4)5/h10-12,15-16H,13-14H2,1-9H3. The number of rotatable bonds is 4. The van der Waals surface area contributed by atoms with Gasteiger partial charge in [0.2, 0.25) is 0 Å². The fourth-order valence-electron chi connectivity index (χ4n) is 4.33. The molecule has 2 amide bonds. The summed E-state index contributed by atoms with van der Waals surface area (Å²) in [6, 6.07) is 8.74. The summed E-state index contributed by atoms with van der Waals surface area (Å²) in [7, 11) is -0.547. The van der Waals surface area contributed by atoms with Crippen LogP contribution in [0, 0.1) is 13.8 Å². The van der Waals surface area contributed by atoms with Gasteiger partial charge in [0.15, 0.2) is 0 Å². The summed E-state index contributed by atoms with van der Waals surface area (Å²) in [4.78, 5) is 34.2. The summed E-state index contributed by atoms with van der Waals surface area (Å²) in [5.41, 5.74) is 1.99. The van der Waals surface area contributed by atoms with Gasteiger partial charge in [-0.15, -0.1) is 0 Å². The third kappa shape index (κ3) is 4.86. The predicted molar refractivity (Wildman–Crippen MR) is 141 cm³/mol. The first-order chi connectivity index (χ1) is 16.6. The molecule has 1 aromatic carbocycles. The van der Waals surface area contributed by atoms with Crippen LogP contribution in [-0.2, 0) is 14.0 Å². The number of benzene rings is 1. The van der Waals surface area contributed by atoms with Gasteiger partial charge in [-0.25, -0.2) is 14.6 Å². The minimum absolute atomic E-state index is 0.197. The molecule has 0 unspecified atom stereocenters. The Morgan fingerprint density at radius 1 is 1.03 bits per heavy atom. The number of anilines is 2. The molecular weight excluding hydrogens is 457 g/mol. The molecule has 3 heterocycles.